The Morgan fingerprint density at radius 1 is 1.08 bits per heavy atom. The number of likely N-dealkylation sites (N-methyl/N-ethyl adjacent to an activating group) is 1. The largest absolute Gasteiger partial charge is 0.485 e. The molecular weight excluding hydrogens is 624 g/mol. The van der Waals surface area contributed by atoms with Crippen LogP contribution in [0.25, 0.3) is 0 Å². The van der Waals surface area contributed by atoms with Crippen molar-refractivity contribution in [3.05, 3.63) is 64.4 Å². The molecule has 1 unspecified atom stereocenters. The monoisotopic (exact) mass is 674 g/mol. The van der Waals surface area contributed by atoms with Crippen molar-refractivity contribution in [3.63, 3.8) is 0 Å². The number of oxazole rings is 1. The number of nitrogens with one attached hydrogen (secondary N) is 2. The minimum atomic E-state index is -0.720. The fourth-order valence-electron chi connectivity index (χ4n) is 6.94. The van der Waals surface area contributed by atoms with E-state index in [2.05, 4.69) is 50.4 Å². The normalized spacial score (nSPS) is 18.2. The minimum Gasteiger partial charge on any atom is -0.485 e. The van der Waals surface area contributed by atoms with Gasteiger partial charge in [-0.05, 0) is 75.0 Å². The summed E-state index contributed by atoms with van der Waals surface area (Å²) in [6.07, 6.45) is 3.22. The Hall–Kier alpha value is -4.20. The molecule has 13 heteroatoms. The highest BCUT2D eigenvalue weighted by Crippen LogP contribution is 2.30. The maximum atomic E-state index is 13.5. The van der Waals surface area contributed by atoms with Gasteiger partial charge < -0.3 is 39.6 Å². The van der Waals surface area contributed by atoms with E-state index in [9.17, 15) is 14.7 Å². The molecule has 2 saturated heterocycles. The Labute approximate surface area is 288 Å². The molecule has 3 aliphatic heterocycles. The van der Waals surface area contributed by atoms with Crippen molar-refractivity contribution in [1.82, 2.24) is 30.0 Å². The van der Waals surface area contributed by atoms with Crippen molar-refractivity contribution in [3.8, 4) is 5.75 Å². The van der Waals surface area contributed by atoms with Gasteiger partial charge in [0.25, 0.3) is 5.91 Å². The van der Waals surface area contributed by atoms with Crippen LogP contribution < -0.4 is 20.3 Å². The number of ether oxygens (including phenoxy) is 1. The lowest BCUT2D eigenvalue weighted by Crippen LogP contribution is -2.45. The number of pyridine rings is 1. The molecule has 2 fully saturated rings. The number of aliphatic hydroxyl groups is 1. The number of fused-ring (bicyclic) bond motifs is 1. The van der Waals surface area contributed by atoms with Crippen molar-refractivity contribution >= 4 is 23.5 Å². The van der Waals surface area contributed by atoms with Gasteiger partial charge in [-0.2, -0.15) is 0 Å². The van der Waals surface area contributed by atoms with Gasteiger partial charge in [-0.3, -0.25) is 14.5 Å². The van der Waals surface area contributed by atoms with Gasteiger partial charge in [0, 0.05) is 84.0 Å². The number of rotatable bonds is 11. The number of carbonyl (C=O) groups excluding carboxylic acids is 2. The van der Waals surface area contributed by atoms with Crippen LogP contribution in [-0.4, -0.2) is 120 Å². The zero-order valence-electron chi connectivity index (χ0n) is 29.2. The molecule has 2 aromatic heterocycles. The number of piperidine rings is 1. The first kappa shape index (κ1) is 34.7. The number of carbonyl (C=O) groups is 2. The predicted octanol–water partition coefficient (Wildman–Crippen LogP) is 2.59. The third-order valence-corrected chi connectivity index (χ3v) is 10.1. The summed E-state index contributed by atoms with van der Waals surface area (Å²) in [5.74, 6) is 2.86. The van der Waals surface area contributed by atoms with Crippen LogP contribution in [0.4, 0.5) is 11.6 Å². The van der Waals surface area contributed by atoms with E-state index < -0.39 is 6.10 Å². The molecular formula is C36H50N8O5. The van der Waals surface area contributed by atoms with Gasteiger partial charge in [0.2, 0.25) is 5.91 Å². The maximum Gasteiger partial charge on any atom is 0.251 e. The lowest BCUT2D eigenvalue weighted by Gasteiger charge is -2.34. The number of hydrogen-bond acceptors (Lipinski definition) is 11. The number of amides is 2. The summed E-state index contributed by atoms with van der Waals surface area (Å²) in [5.41, 5.74) is 4.99. The highest BCUT2D eigenvalue weighted by Gasteiger charge is 2.25. The van der Waals surface area contributed by atoms with E-state index in [1.165, 1.54) is 17.5 Å². The van der Waals surface area contributed by atoms with Gasteiger partial charge in [-0.25, -0.2) is 9.97 Å². The van der Waals surface area contributed by atoms with Gasteiger partial charge in [-0.15, -0.1) is 0 Å². The lowest BCUT2D eigenvalue weighted by molar-refractivity contribution is -0.129. The Bertz CT molecular complexity index is 1610. The summed E-state index contributed by atoms with van der Waals surface area (Å²) in [6.45, 7) is 13.0. The molecule has 2 amide bonds. The molecule has 1 aromatic carbocycles. The van der Waals surface area contributed by atoms with E-state index in [1.54, 1.807) is 13.0 Å². The standard InChI is InChI=1S/C36H50N8O5/c1-24-31-9-10-42(20-27(31)5-6-32(24)48-22-33-25(2)38-23-49-33)21-30(46)19-37-36(47)28-17-34(39-29-7-11-43(12-8-29)26(3)45)40-35(18-28)44-15-13-41(4)14-16-44/h5-6,17-18,23,29-30,46H,7-16,19-22H2,1-4H3,(H,37,47)(H,39,40). The molecule has 0 aliphatic carbocycles. The third-order valence-electron chi connectivity index (χ3n) is 10.1. The first-order chi connectivity index (χ1) is 23.6. The molecule has 3 aromatic rings. The zero-order chi connectivity index (χ0) is 34.5. The summed E-state index contributed by atoms with van der Waals surface area (Å²) < 4.78 is 11.5. The number of likely N-dealkylation sites (tertiary alicyclic amines) is 1. The molecule has 49 heavy (non-hydrogen) atoms. The highest BCUT2D eigenvalue weighted by atomic mass is 16.5. The van der Waals surface area contributed by atoms with Crippen LogP contribution in [0.3, 0.4) is 0 Å². The molecule has 264 valence electrons. The van der Waals surface area contributed by atoms with Crippen LogP contribution in [0.1, 0.15) is 58.3 Å². The number of benzene rings is 1. The highest BCUT2D eigenvalue weighted by molar-refractivity contribution is 5.95. The summed E-state index contributed by atoms with van der Waals surface area (Å²) in [7, 11) is 2.11. The van der Waals surface area contributed by atoms with E-state index in [4.69, 9.17) is 14.1 Å². The fraction of sp³-hybridized carbons (Fsp3) is 0.556. The average molecular weight is 675 g/mol. The molecule has 3 aliphatic rings. The number of nitrogens with zero attached hydrogens (tertiary/aromatic N) is 6. The van der Waals surface area contributed by atoms with Crippen molar-refractivity contribution in [2.75, 3.05) is 76.2 Å². The summed E-state index contributed by atoms with van der Waals surface area (Å²) in [4.78, 5) is 42.9. The Morgan fingerprint density at radius 2 is 1.86 bits per heavy atom. The van der Waals surface area contributed by atoms with E-state index in [0.29, 0.717) is 37.6 Å². The molecule has 0 radical (unpaired) electrons. The number of piperazine rings is 1. The van der Waals surface area contributed by atoms with E-state index in [-0.39, 0.29) is 24.4 Å². The van der Waals surface area contributed by atoms with Crippen molar-refractivity contribution in [2.24, 2.45) is 0 Å². The van der Waals surface area contributed by atoms with Gasteiger partial charge in [0.05, 0.1) is 11.8 Å². The van der Waals surface area contributed by atoms with Gasteiger partial charge in [0.15, 0.2) is 12.2 Å². The van der Waals surface area contributed by atoms with Gasteiger partial charge in [-0.1, -0.05) is 6.07 Å². The molecule has 0 saturated carbocycles. The topological polar surface area (TPSA) is 140 Å². The molecule has 13 nitrogen and oxygen atoms in total. The van der Waals surface area contributed by atoms with Crippen LogP contribution in [-0.2, 0) is 24.4 Å². The van der Waals surface area contributed by atoms with Crippen LogP contribution in [0.5, 0.6) is 5.75 Å². The third kappa shape index (κ3) is 8.70. The first-order valence-corrected chi connectivity index (χ1v) is 17.4. The van der Waals surface area contributed by atoms with Crippen molar-refractivity contribution in [1.29, 1.82) is 0 Å². The van der Waals surface area contributed by atoms with Crippen LogP contribution in [0, 0.1) is 13.8 Å². The van der Waals surface area contributed by atoms with Gasteiger partial charge in [0.1, 0.15) is 24.0 Å². The Balaban J connectivity index is 1.04. The number of aromatic nitrogens is 2. The van der Waals surface area contributed by atoms with Crippen LogP contribution in [0.2, 0.25) is 0 Å². The number of β-amino-alcohol motifs (C(OH)–C–C–N with tert-alkyl or cyclic N) is 1. The second-order valence-electron chi connectivity index (χ2n) is 13.6. The molecule has 0 spiro atoms. The molecule has 6 rings (SSSR count). The van der Waals surface area contributed by atoms with Crippen molar-refractivity contribution < 1.29 is 23.8 Å². The maximum absolute atomic E-state index is 13.5. The zero-order valence-corrected chi connectivity index (χ0v) is 29.2. The van der Waals surface area contributed by atoms with E-state index in [1.807, 2.05) is 24.0 Å². The van der Waals surface area contributed by atoms with Crippen LogP contribution >= 0.6 is 0 Å². The first-order valence-electron chi connectivity index (χ1n) is 17.4. The summed E-state index contributed by atoms with van der Waals surface area (Å²) >= 11 is 0. The number of anilines is 2. The smallest absolute Gasteiger partial charge is 0.251 e. The second kappa shape index (κ2) is 15.6. The molecule has 3 N–H and O–H groups in total. The number of hydrogen-bond donors (Lipinski definition) is 3. The van der Waals surface area contributed by atoms with E-state index >= 15 is 0 Å². The van der Waals surface area contributed by atoms with Crippen molar-refractivity contribution in [2.45, 2.75) is 65.3 Å². The quantitative estimate of drug-likeness (QED) is 0.277. The molecule has 0 bridgehead atoms. The van der Waals surface area contributed by atoms with Gasteiger partial charge >= 0.3 is 0 Å². The number of aryl methyl sites for hydroxylation is 1. The fourth-order valence-corrected chi connectivity index (χ4v) is 6.94. The molecule has 5 heterocycles. The summed E-state index contributed by atoms with van der Waals surface area (Å²) in [6, 6.07) is 7.93. The lowest BCUT2D eigenvalue weighted by atomic mass is 9.94. The predicted molar refractivity (Wildman–Crippen MR) is 187 cm³/mol. The van der Waals surface area contributed by atoms with E-state index in [0.717, 1.165) is 87.1 Å². The Morgan fingerprint density at radius 3 is 2.57 bits per heavy atom. The second-order valence-corrected chi connectivity index (χ2v) is 13.6. The molecule has 1 atom stereocenters. The summed E-state index contributed by atoms with van der Waals surface area (Å²) in [5, 5.41) is 17.5. The Kier molecular flexibility index (Phi) is 11.0. The SMILES string of the molecule is CC(=O)N1CCC(Nc2cc(C(=O)NCC(O)CN3CCc4c(ccc(OCc5ocnc5C)c4C)C3)cc(N3CCN(C)CC3)n2)CC1. The average Bonchev–Trinajstić information content (AvgIpc) is 3.51. The number of aliphatic hydroxyl groups excluding tert-OH is 1. The minimum absolute atomic E-state index is 0.102. The van der Waals surface area contributed by atoms with Crippen LogP contribution in [0.15, 0.2) is 35.1 Å².